The third-order valence-corrected chi connectivity index (χ3v) is 1.87. The van der Waals surface area contributed by atoms with Crippen LogP contribution in [0, 0.1) is 15.9 Å². The van der Waals surface area contributed by atoms with E-state index in [2.05, 4.69) is 9.97 Å². The van der Waals surface area contributed by atoms with Gasteiger partial charge in [0.05, 0.1) is 11.0 Å². The third-order valence-electron chi connectivity index (χ3n) is 1.87. The minimum Gasteiger partial charge on any atom is -0.421 e. The molecule has 0 spiro atoms. The van der Waals surface area contributed by atoms with Crippen LogP contribution in [0.2, 0.25) is 0 Å². The molecule has 0 aliphatic heterocycles. The Morgan fingerprint density at radius 1 is 1.29 bits per heavy atom. The molecule has 0 aliphatic rings. The second-order valence-electron chi connectivity index (χ2n) is 3.01. The van der Waals surface area contributed by atoms with Gasteiger partial charge in [-0.15, -0.1) is 0 Å². The van der Waals surface area contributed by atoms with Gasteiger partial charge in [-0.05, 0) is 12.1 Å². The molecule has 86 valence electrons. The van der Waals surface area contributed by atoms with Crippen LogP contribution < -0.4 is 4.74 Å². The van der Waals surface area contributed by atoms with Crippen molar-refractivity contribution in [3.05, 3.63) is 52.6 Å². The van der Waals surface area contributed by atoms with Gasteiger partial charge in [0, 0.05) is 18.5 Å². The van der Waals surface area contributed by atoms with Crippen LogP contribution in [0.15, 0.2) is 36.7 Å². The van der Waals surface area contributed by atoms with Gasteiger partial charge in [-0.2, -0.15) is 0 Å². The monoisotopic (exact) mass is 235 g/mol. The Bertz CT molecular complexity index is 548. The van der Waals surface area contributed by atoms with Crippen molar-refractivity contribution in [1.29, 1.82) is 0 Å². The number of aromatic nitrogens is 2. The molecule has 1 aromatic heterocycles. The largest absolute Gasteiger partial charge is 0.421 e. The van der Waals surface area contributed by atoms with Crippen LogP contribution in [-0.2, 0) is 0 Å². The molecule has 1 aromatic carbocycles. The van der Waals surface area contributed by atoms with E-state index < -0.39 is 10.7 Å². The Morgan fingerprint density at radius 3 is 2.59 bits per heavy atom. The van der Waals surface area contributed by atoms with E-state index >= 15 is 0 Å². The average molecular weight is 235 g/mol. The van der Waals surface area contributed by atoms with Gasteiger partial charge in [-0.3, -0.25) is 10.1 Å². The lowest BCUT2D eigenvalue weighted by Gasteiger charge is -2.03. The van der Waals surface area contributed by atoms with Crippen molar-refractivity contribution in [3.8, 4) is 11.8 Å². The molecule has 0 fully saturated rings. The van der Waals surface area contributed by atoms with E-state index in [0.717, 1.165) is 18.2 Å². The van der Waals surface area contributed by atoms with E-state index in [4.69, 9.17) is 4.74 Å². The van der Waals surface area contributed by atoms with Crippen LogP contribution in [-0.4, -0.2) is 14.9 Å². The molecular formula is C10H6FN3O3. The van der Waals surface area contributed by atoms with Crippen molar-refractivity contribution in [2.45, 2.75) is 0 Å². The molecule has 0 atom stereocenters. The van der Waals surface area contributed by atoms with Crippen molar-refractivity contribution in [3.63, 3.8) is 0 Å². The lowest BCUT2D eigenvalue weighted by Crippen LogP contribution is -1.94. The Labute approximate surface area is 94.9 Å². The summed E-state index contributed by atoms with van der Waals surface area (Å²) in [5.41, 5.74) is -0.344. The molecule has 17 heavy (non-hydrogen) atoms. The number of nitro groups is 1. The number of hydrogen-bond acceptors (Lipinski definition) is 5. The quantitative estimate of drug-likeness (QED) is 0.602. The van der Waals surface area contributed by atoms with Crippen molar-refractivity contribution in [2.24, 2.45) is 0 Å². The van der Waals surface area contributed by atoms with E-state index in [1.54, 1.807) is 6.07 Å². The lowest BCUT2D eigenvalue weighted by atomic mass is 10.3. The molecule has 0 radical (unpaired) electrons. The summed E-state index contributed by atoms with van der Waals surface area (Å²) in [6, 6.07) is 4.63. The zero-order chi connectivity index (χ0) is 12.3. The van der Waals surface area contributed by atoms with E-state index in [0.29, 0.717) is 0 Å². The number of non-ortho nitro benzene ring substituents is 1. The standard InChI is InChI=1S/C10H6FN3O3/c11-8-6-7(14(15)16)2-3-9(8)17-10-12-4-1-5-13-10/h1-6H. The molecule has 7 heteroatoms. The summed E-state index contributed by atoms with van der Waals surface area (Å²) < 4.78 is 18.4. The highest BCUT2D eigenvalue weighted by Gasteiger charge is 2.12. The topological polar surface area (TPSA) is 78.2 Å². The first-order chi connectivity index (χ1) is 8.16. The fraction of sp³-hybridized carbons (Fsp3) is 0. The maximum absolute atomic E-state index is 13.4. The highest BCUT2D eigenvalue weighted by Crippen LogP contribution is 2.25. The Kier molecular flexibility index (Phi) is 2.91. The van der Waals surface area contributed by atoms with Crippen molar-refractivity contribution in [2.75, 3.05) is 0 Å². The predicted octanol–water partition coefficient (Wildman–Crippen LogP) is 2.32. The normalized spacial score (nSPS) is 9.94. The average Bonchev–Trinajstić information content (AvgIpc) is 2.33. The molecule has 0 saturated carbocycles. The zero-order valence-electron chi connectivity index (χ0n) is 8.41. The summed E-state index contributed by atoms with van der Waals surface area (Å²) in [7, 11) is 0. The summed E-state index contributed by atoms with van der Waals surface area (Å²) in [5.74, 6) is -1.01. The molecule has 0 unspecified atom stereocenters. The minimum atomic E-state index is -0.841. The zero-order valence-corrected chi connectivity index (χ0v) is 8.41. The van der Waals surface area contributed by atoms with Crippen LogP contribution in [0.25, 0.3) is 0 Å². The van der Waals surface area contributed by atoms with Gasteiger partial charge in [0.1, 0.15) is 0 Å². The molecule has 0 aliphatic carbocycles. The van der Waals surface area contributed by atoms with Gasteiger partial charge >= 0.3 is 6.01 Å². The molecular weight excluding hydrogens is 229 g/mol. The number of rotatable bonds is 3. The van der Waals surface area contributed by atoms with Crippen molar-refractivity contribution >= 4 is 5.69 Å². The van der Waals surface area contributed by atoms with E-state index in [-0.39, 0.29) is 17.4 Å². The number of benzene rings is 1. The maximum atomic E-state index is 13.4. The second kappa shape index (κ2) is 4.52. The van der Waals surface area contributed by atoms with Gasteiger partial charge in [0.15, 0.2) is 11.6 Å². The smallest absolute Gasteiger partial charge is 0.321 e. The number of nitrogens with zero attached hydrogens (tertiary/aromatic N) is 3. The van der Waals surface area contributed by atoms with Crippen LogP contribution in [0.5, 0.6) is 11.8 Å². The molecule has 0 saturated heterocycles. The molecule has 6 nitrogen and oxygen atoms in total. The van der Waals surface area contributed by atoms with Crippen molar-refractivity contribution < 1.29 is 14.1 Å². The fourth-order valence-corrected chi connectivity index (χ4v) is 1.12. The Morgan fingerprint density at radius 2 is 2.00 bits per heavy atom. The fourth-order valence-electron chi connectivity index (χ4n) is 1.12. The van der Waals surface area contributed by atoms with Gasteiger partial charge in [0.2, 0.25) is 0 Å². The third kappa shape index (κ3) is 2.51. The number of ether oxygens (including phenoxy) is 1. The SMILES string of the molecule is O=[N+]([O-])c1ccc(Oc2ncccn2)c(F)c1. The van der Waals surface area contributed by atoms with Crippen LogP contribution in [0.1, 0.15) is 0 Å². The molecule has 0 amide bonds. The summed E-state index contributed by atoms with van der Waals surface area (Å²) in [5, 5.41) is 10.4. The van der Waals surface area contributed by atoms with E-state index in [9.17, 15) is 14.5 Å². The van der Waals surface area contributed by atoms with Crippen molar-refractivity contribution in [1.82, 2.24) is 9.97 Å². The second-order valence-corrected chi connectivity index (χ2v) is 3.01. The first kappa shape index (κ1) is 10.9. The highest BCUT2D eigenvalue weighted by atomic mass is 19.1. The molecule has 2 rings (SSSR count). The summed E-state index contributed by atoms with van der Waals surface area (Å²) in [6.45, 7) is 0. The number of hydrogen-bond donors (Lipinski definition) is 0. The summed E-state index contributed by atoms with van der Waals surface area (Å²) in [4.78, 5) is 17.2. The van der Waals surface area contributed by atoms with Gasteiger partial charge in [-0.25, -0.2) is 14.4 Å². The van der Waals surface area contributed by atoms with E-state index in [1.165, 1.54) is 12.4 Å². The molecule has 1 heterocycles. The summed E-state index contributed by atoms with van der Waals surface area (Å²) in [6.07, 6.45) is 2.87. The van der Waals surface area contributed by atoms with Gasteiger partial charge in [0.25, 0.3) is 5.69 Å². The first-order valence-electron chi connectivity index (χ1n) is 4.55. The lowest BCUT2D eigenvalue weighted by molar-refractivity contribution is -0.385. The Hall–Kier alpha value is -2.57. The highest BCUT2D eigenvalue weighted by molar-refractivity contribution is 5.38. The predicted molar refractivity (Wildman–Crippen MR) is 55.2 cm³/mol. The van der Waals surface area contributed by atoms with Gasteiger partial charge < -0.3 is 4.74 Å². The Balaban J connectivity index is 2.26. The van der Waals surface area contributed by atoms with Crippen LogP contribution in [0.3, 0.4) is 0 Å². The van der Waals surface area contributed by atoms with Crippen LogP contribution in [0.4, 0.5) is 10.1 Å². The van der Waals surface area contributed by atoms with Gasteiger partial charge in [-0.1, -0.05) is 0 Å². The maximum Gasteiger partial charge on any atom is 0.321 e. The summed E-state index contributed by atoms with van der Waals surface area (Å²) >= 11 is 0. The van der Waals surface area contributed by atoms with Crippen LogP contribution >= 0.6 is 0 Å². The molecule has 0 bridgehead atoms. The number of halogens is 1. The van der Waals surface area contributed by atoms with E-state index in [1.807, 2.05) is 0 Å². The molecule has 2 aromatic rings. The molecule has 0 N–H and O–H groups in total. The first-order valence-corrected chi connectivity index (χ1v) is 4.55. The minimum absolute atomic E-state index is 0.0275. The number of nitro benzene ring substituents is 1.